The van der Waals surface area contributed by atoms with Crippen LogP contribution in [-0.2, 0) is 11.3 Å². The Balaban J connectivity index is 1.70. The smallest absolute Gasteiger partial charge is 0.409 e. The summed E-state index contributed by atoms with van der Waals surface area (Å²) in [7, 11) is 0. The zero-order chi connectivity index (χ0) is 14.4. The average Bonchev–Trinajstić information content (AvgIpc) is 2.92. The highest BCUT2D eigenvalue weighted by atomic mass is 16.6. The molecular formula is C14H24N4O2. The van der Waals surface area contributed by atoms with Gasteiger partial charge in [-0.15, -0.1) is 0 Å². The first kappa shape index (κ1) is 14.8. The van der Waals surface area contributed by atoms with Crippen molar-refractivity contribution in [2.24, 2.45) is 0 Å². The Bertz CT molecular complexity index is 399. The van der Waals surface area contributed by atoms with Gasteiger partial charge in [0.25, 0.3) is 0 Å². The van der Waals surface area contributed by atoms with E-state index in [9.17, 15) is 4.79 Å². The second-order valence-corrected chi connectivity index (χ2v) is 5.26. The van der Waals surface area contributed by atoms with E-state index in [4.69, 9.17) is 4.74 Å². The number of nitrogens with one attached hydrogen (secondary N) is 1. The molecule has 1 fully saturated rings. The van der Waals surface area contributed by atoms with Crippen molar-refractivity contribution in [2.45, 2.75) is 45.3 Å². The van der Waals surface area contributed by atoms with Crippen LogP contribution in [0.25, 0.3) is 0 Å². The number of amides is 1. The third-order valence-electron chi connectivity index (χ3n) is 3.56. The summed E-state index contributed by atoms with van der Waals surface area (Å²) in [5.41, 5.74) is 0. The molecule has 0 spiro atoms. The molecule has 1 atom stereocenters. The highest BCUT2D eigenvalue weighted by Gasteiger charge is 2.24. The van der Waals surface area contributed by atoms with E-state index in [0.29, 0.717) is 18.7 Å². The normalized spacial score (nSPS) is 18.0. The zero-order valence-electron chi connectivity index (χ0n) is 12.3. The van der Waals surface area contributed by atoms with Crippen molar-refractivity contribution in [3.8, 4) is 0 Å². The maximum absolute atomic E-state index is 11.6. The van der Waals surface area contributed by atoms with Crippen molar-refractivity contribution in [3.05, 3.63) is 18.5 Å². The van der Waals surface area contributed by atoms with Crippen LogP contribution in [0.3, 0.4) is 0 Å². The Morgan fingerprint density at radius 1 is 1.50 bits per heavy atom. The second kappa shape index (κ2) is 7.28. The number of ether oxygens (including phenoxy) is 1. The molecule has 2 rings (SSSR count). The lowest BCUT2D eigenvalue weighted by Crippen LogP contribution is -2.48. The van der Waals surface area contributed by atoms with Crippen LogP contribution < -0.4 is 5.32 Å². The molecular weight excluding hydrogens is 256 g/mol. The minimum Gasteiger partial charge on any atom is -0.450 e. The summed E-state index contributed by atoms with van der Waals surface area (Å²) in [5.74, 6) is 0. The van der Waals surface area contributed by atoms with E-state index in [0.717, 1.165) is 32.5 Å². The monoisotopic (exact) mass is 280 g/mol. The quantitative estimate of drug-likeness (QED) is 0.887. The second-order valence-electron chi connectivity index (χ2n) is 5.26. The highest BCUT2D eigenvalue weighted by molar-refractivity contribution is 5.67. The van der Waals surface area contributed by atoms with E-state index in [2.05, 4.69) is 17.3 Å². The number of rotatable bonds is 5. The molecule has 6 heteroatoms. The molecule has 1 aliphatic heterocycles. The number of likely N-dealkylation sites (tertiary alicyclic amines) is 1. The molecule has 1 amide bonds. The summed E-state index contributed by atoms with van der Waals surface area (Å²) < 4.78 is 6.96. The predicted octanol–water partition coefficient (Wildman–Crippen LogP) is 1.48. The molecule has 1 aromatic heterocycles. The van der Waals surface area contributed by atoms with Crippen LogP contribution in [0.15, 0.2) is 18.5 Å². The molecule has 1 N–H and O–H groups in total. The fourth-order valence-electron chi connectivity index (χ4n) is 2.59. The largest absolute Gasteiger partial charge is 0.450 e. The van der Waals surface area contributed by atoms with Gasteiger partial charge < -0.3 is 15.0 Å². The number of piperidine rings is 1. The lowest BCUT2D eigenvalue weighted by atomic mass is 10.0. The van der Waals surface area contributed by atoms with Crippen LogP contribution in [0.1, 0.15) is 26.7 Å². The first-order valence-corrected chi connectivity index (χ1v) is 7.34. The number of carbonyl (C=O) groups excluding carboxylic acids is 1. The molecule has 1 aliphatic rings. The van der Waals surface area contributed by atoms with Crippen molar-refractivity contribution in [2.75, 3.05) is 19.7 Å². The van der Waals surface area contributed by atoms with Gasteiger partial charge in [0.2, 0.25) is 0 Å². The molecule has 1 unspecified atom stereocenters. The van der Waals surface area contributed by atoms with E-state index in [1.807, 2.05) is 23.9 Å². The Morgan fingerprint density at radius 2 is 2.25 bits per heavy atom. The summed E-state index contributed by atoms with van der Waals surface area (Å²) in [6, 6.07) is 2.77. The maximum atomic E-state index is 11.6. The van der Waals surface area contributed by atoms with Crippen LogP contribution >= 0.6 is 0 Å². The van der Waals surface area contributed by atoms with Gasteiger partial charge >= 0.3 is 6.09 Å². The molecule has 0 aromatic carbocycles. The molecule has 0 saturated carbocycles. The maximum Gasteiger partial charge on any atom is 0.409 e. The Hall–Kier alpha value is -1.56. The topological polar surface area (TPSA) is 59.4 Å². The minimum absolute atomic E-state index is 0.185. The van der Waals surface area contributed by atoms with Crippen molar-refractivity contribution >= 4 is 6.09 Å². The van der Waals surface area contributed by atoms with Gasteiger partial charge in [-0.3, -0.25) is 4.68 Å². The summed E-state index contributed by atoms with van der Waals surface area (Å²) >= 11 is 0. The van der Waals surface area contributed by atoms with E-state index in [1.165, 1.54) is 0 Å². The molecule has 20 heavy (non-hydrogen) atoms. The first-order valence-electron chi connectivity index (χ1n) is 7.34. The van der Waals surface area contributed by atoms with E-state index >= 15 is 0 Å². The third kappa shape index (κ3) is 4.23. The van der Waals surface area contributed by atoms with Crippen molar-refractivity contribution in [1.82, 2.24) is 20.0 Å². The molecule has 112 valence electrons. The average molecular weight is 280 g/mol. The fraction of sp³-hybridized carbons (Fsp3) is 0.714. The fourth-order valence-corrected chi connectivity index (χ4v) is 2.59. The number of hydrogen-bond acceptors (Lipinski definition) is 4. The van der Waals surface area contributed by atoms with Crippen molar-refractivity contribution in [1.29, 1.82) is 0 Å². The van der Waals surface area contributed by atoms with E-state index in [1.54, 1.807) is 11.1 Å². The molecule has 1 aromatic rings. The molecule has 6 nitrogen and oxygen atoms in total. The number of carbonyl (C=O) groups is 1. The lowest BCUT2D eigenvalue weighted by molar-refractivity contribution is 0.0941. The van der Waals surface area contributed by atoms with Gasteiger partial charge in [-0.05, 0) is 32.8 Å². The molecule has 0 radical (unpaired) electrons. The van der Waals surface area contributed by atoms with Crippen LogP contribution in [0.2, 0.25) is 0 Å². The summed E-state index contributed by atoms with van der Waals surface area (Å²) in [5, 5.41) is 7.82. The van der Waals surface area contributed by atoms with Gasteiger partial charge in [0.05, 0.1) is 13.2 Å². The third-order valence-corrected chi connectivity index (χ3v) is 3.56. The lowest BCUT2D eigenvalue weighted by Gasteiger charge is -2.33. The van der Waals surface area contributed by atoms with Crippen LogP contribution in [0.4, 0.5) is 4.79 Å². The molecule has 0 aliphatic carbocycles. The molecule has 2 heterocycles. The Kier molecular flexibility index (Phi) is 5.40. The highest BCUT2D eigenvalue weighted by Crippen LogP contribution is 2.12. The van der Waals surface area contributed by atoms with Crippen LogP contribution in [0, 0.1) is 0 Å². The van der Waals surface area contributed by atoms with Crippen molar-refractivity contribution < 1.29 is 9.53 Å². The Labute approximate surface area is 120 Å². The number of nitrogens with zero attached hydrogens (tertiary/aromatic N) is 3. The van der Waals surface area contributed by atoms with Gasteiger partial charge in [-0.25, -0.2) is 4.79 Å². The minimum atomic E-state index is -0.185. The summed E-state index contributed by atoms with van der Waals surface area (Å²) in [4.78, 5) is 13.4. The summed E-state index contributed by atoms with van der Waals surface area (Å²) in [6.45, 7) is 6.85. The van der Waals surface area contributed by atoms with Gasteiger partial charge in [-0.2, -0.15) is 5.10 Å². The van der Waals surface area contributed by atoms with Gasteiger partial charge in [0.1, 0.15) is 0 Å². The summed E-state index contributed by atoms with van der Waals surface area (Å²) in [6.07, 6.45) is 5.53. The first-order chi connectivity index (χ1) is 9.69. The van der Waals surface area contributed by atoms with Gasteiger partial charge in [0, 0.05) is 37.6 Å². The number of aromatic nitrogens is 2. The zero-order valence-corrected chi connectivity index (χ0v) is 12.3. The molecule has 1 saturated heterocycles. The Morgan fingerprint density at radius 3 is 2.85 bits per heavy atom. The standard InChI is InChI=1S/C14H24N4O2/c1-3-20-14(19)17-9-5-13(6-10-17)16-12(2)11-18-8-4-7-15-18/h4,7-8,12-13,16H,3,5-6,9-11H2,1-2H3. The molecule has 0 bridgehead atoms. The van der Waals surface area contributed by atoms with Crippen molar-refractivity contribution in [3.63, 3.8) is 0 Å². The predicted molar refractivity (Wildman–Crippen MR) is 76.4 cm³/mol. The van der Waals surface area contributed by atoms with E-state index in [-0.39, 0.29) is 6.09 Å². The van der Waals surface area contributed by atoms with Gasteiger partial charge in [0.15, 0.2) is 0 Å². The van der Waals surface area contributed by atoms with Crippen LogP contribution in [0.5, 0.6) is 0 Å². The van der Waals surface area contributed by atoms with Crippen LogP contribution in [-0.4, -0.2) is 52.6 Å². The van der Waals surface area contributed by atoms with E-state index < -0.39 is 0 Å². The number of hydrogen-bond donors (Lipinski definition) is 1. The van der Waals surface area contributed by atoms with Gasteiger partial charge in [-0.1, -0.05) is 0 Å². The SMILES string of the molecule is CCOC(=O)N1CCC(NC(C)Cn2cccn2)CC1.